The summed E-state index contributed by atoms with van der Waals surface area (Å²) >= 11 is 0. The molecule has 1 saturated heterocycles. The summed E-state index contributed by atoms with van der Waals surface area (Å²) < 4.78 is 5.17. The quantitative estimate of drug-likeness (QED) is 0.469. The van der Waals surface area contributed by atoms with Crippen molar-refractivity contribution in [3.05, 3.63) is 0 Å². The van der Waals surface area contributed by atoms with Gasteiger partial charge in [0.25, 0.3) is 0 Å². The molecule has 0 amide bonds. The molecule has 1 heterocycles. The van der Waals surface area contributed by atoms with Gasteiger partial charge in [-0.25, -0.2) is 5.01 Å². The average molecular weight is 160 g/mol. The predicted molar refractivity (Wildman–Crippen MR) is 41.8 cm³/mol. The fraction of sp³-hybridized carbons (Fsp3) is 1.00. The minimum Gasteiger partial charge on any atom is -0.379 e. The van der Waals surface area contributed by atoms with Crippen LogP contribution in [0.2, 0.25) is 0 Å². The van der Waals surface area contributed by atoms with Crippen LogP contribution in [0.15, 0.2) is 0 Å². The van der Waals surface area contributed by atoms with Gasteiger partial charge in [0.05, 0.1) is 19.8 Å². The zero-order chi connectivity index (χ0) is 7.94. The van der Waals surface area contributed by atoms with Crippen LogP contribution in [-0.4, -0.2) is 37.9 Å². The second-order valence-corrected chi connectivity index (χ2v) is 2.54. The number of morpholine rings is 1. The Balaban J connectivity index is 1.96. The van der Waals surface area contributed by atoms with E-state index in [-0.39, 0.29) is 0 Å². The maximum Gasteiger partial charge on any atom is 0.0696 e. The summed E-state index contributed by atoms with van der Waals surface area (Å²) in [4.78, 5) is 5.14. The van der Waals surface area contributed by atoms with Crippen LogP contribution in [0, 0.1) is 0 Å². The van der Waals surface area contributed by atoms with Gasteiger partial charge in [0.1, 0.15) is 0 Å². The highest BCUT2D eigenvalue weighted by Crippen LogP contribution is 1.91. The molecule has 0 radical (unpaired) electrons. The molecule has 1 aliphatic heterocycles. The summed E-state index contributed by atoms with van der Waals surface area (Å²) in [5.74, 6) is 0. The van der Waals surface area contributed by atoms with E-state index in [1.165, 1.54) is 0 Å². The highest BCUT2D eigenvalue weighted by molar-refractivity contribution is 4.52. The Labute approximate surface area is 67.4 Å². The van der Waals surface area contributed by atoms with Crippen molar-refractivity contribution in [2.45, 2.75) is 13.3 Å². The van der Waals surface area contributed by atoms with Crippen LogP contribution in [0.5, 0.6) is 0 Å². The number of nitrogens with zero attached hydrogens (tertiary/aromatic N) is 1. The van der Waals surface area contributed by atoms with Crippen LogP contribution in [-0.2, 0) is 9.57 Å². The minimum absolute atomic E-state index is 0.761. The summed E-state index contributed by atoms with van der Waals surface area (Å²) in [6, 6.07) is 0. The van der Waals surface area contributed by atoms with Crippen molar-refractivity contribution in [1.29, 1.82) is 0 Å². The molecule has 0 aliphatic carbocycles. The summed E-state index contributed by atoms with van der Waals surface area (Å²) in [5.41, 5.74) is 2.88. The van der Waals surface area contributed by atoms with Gasteiger partial charge in [-0.1, -0.05) is 6.92 Å². The molecule has 4 heteroatoms. The highest BCUT2D eigenvalue weighted by Gasteiger charge is 2.08. The maximum absolute atomic E-state index is 5.17. The molecule has 1 rings (SSSR count). The van der Waals surface area contributed by atoms with Gasteiger partial charge in [0.15, 0.2) is 0 Å². The topological polar surface area (TPSA) is 33.7 Å². The Morgan fingerprint density at radius 2 is 2.18 bits per heavy atom. The Morgan fingerprint density at radius 1 is 1.45 bits per heavy atom. The highest BCUT2D eigenvalue weighted by atomic mass is 16.7. The Morgan fingerprint density at radius 3 is 2.82 bits per heavy atom. The van der Waals surface area contributed by atoms with Gasteiger partial charge in [-0.3, -0.25) is 4.84 Å². The van der Waals surface area contributed by atoms with Crippen LogP contribution < -0.4 is 5.59 Å². The fourth-order valence-corrected chi connectivity index (χ4v) is 0.894. The van der Waals surface area contributed by atoms with Crippen LogP contribution in [0.3, 0.4) is 0 Å². The summed E-state index contributed by atoms with van der Waals surface area (Å²) in [6.45, 7) is 6.25. The van der Waals surface area contributed by atoms with Crippen molar-refractivity contribution >= 4 is 0 Å². The minimum atomic E-state index is 0.761. The van der Waals surface area contributed by atoms with Crippen molar-refractivity contribution in [2.24, 2.45) is 0 Å². The third-order valence-electron chi connectivity index (χ3n) is 1.51. The Kier molecular flexibility index (Phi) is 4.45. The van der Waals surface area contributed by atoms with E-state index in [9.17, 15) is 0 Å². The van der Waals surface area contributed by atoms with Crippen molar-refractivity contribution < 1.29 is 9.57 Å². The monoisotopic (exact) mass is 160 g/mol. The van der Waals surface area contributed by atoms with E-state index in [4.69, 9.17) is 9.57 Å². The smallest absolute Gasteiger partial charge is 0.0696 e. The van der Waals surface area contributed by atoms with Gasteiger partial charge >= 0.3 is 0 Å². The lowest BCUT2D eigenvalue weighted by atomic mass is 10.5. The molecule has 0 bridgehead atoms. The van der Waals surface area contributed by atoms with E-state index < -0.39 is 0 Å². The van der Waals surface area contributed by atoms with Gasteiger partial charge in [-0.05, 0) is 6.42 Å². The number of hydrazine groups is 1. The van der Waals surface area contributed by atoms with Crippen LogP contribution in [0.25, 0.3) is 0 Å². The SMILES string of the molecule is CCCONN1CCOCC1. The number of ether oxygens (including phenoxy) is 1. The molecular formula is C7H16N2O2. The summed E-state index contributed by atoms with van der Waals surface area (Å²) in [7, 11) is 0. The van der Waals surface area contributed by atoms with Gasteiger partial charge in [-0.2, -0.15) is 0 Å². The molecule has 0 unspecified atom stereocenters. The average Bonchev–Trinajstić information content (AvgIpc) is 2.07. The van der Waals surface area contributed by atoms with Crippen LogP contribution in [0.4, 0.5) is 0 Å². The Bertz CT molecular complexity index is 94.4. The molecule has 66 valence electrons. The molecule has 4 nitrogen and oxygen atoms in total. The van der Waals surface area contributed by atoms with Crippen molar-refractivity contribution in [1.82, 2.24) is 10.6 Å². The molecular weight excluding hydrogens is 144 g/mol. The van der Waals surface area contributed by atoms with Crippen molar-refractivity contribution in [3.8, 4) is 0 Å². The van der Waals surface area contributed by atoms with E-state index in [0.29, 0.717) is 0 Å². The molecule has 1 fully saturated rings. The third-order valence-corrected chi connectivity index (χ3v) is 1.51. The fourth-order valence-electron chi connectivity index (χ4n) is 0.894. The molecule has 0 atom stereocenters. The van der Waals surface area contributed by atoms with Gasteiger partial charge in [0, 0.05) is 13.1 Å². The van der Waals surface area contributed by atoms with Gasteiger partial charge < -0.3 is 4.74 Å². The molecule has 0 aromatic heterocycles. The molecule has 0 spiro atoms. The van der Waals surface area contributed by atoms with E-state index >= 15 is 0 Å². The first-order chi connectivity index (χ1) is 5.43. The molecule has 0 aromatic carbocycles. The van der Waals surface area contributed by atoms with Crippen molar-refractivity contribution in [3.63, 3.8) is 0 Å². The second kappa shape index (κ2) is 5.49. The van der Waals surface area contributed by atoms with Gasteiger partial charge in [0.2, 0.25) is 0 Å². The van der Waals surface area contributed by atoms with Crippen LogP contribution in [0.1, 0.15) is 13.3 Å². The number of hydrogen-bond donors (Lipinski definition) is 1. The first kappa shape index (κ1) is 8.93. The lowest BCUT2D eigenvalue weighted by Crippen LogP contribution is -2.45. The first-order valence-electron chi connectivity index (χ1n) is 4.13. The van der Waals surface area contributed by atoms with Crippen molar-refractivity contribution in [2.75, 3.05) is 32.9 Å². The zero-order valence-electron chi connectivity index (χ0n) is 7.01. The Hall–Kier alpha value is -0.160. The molecule has 0 saturated carbocycles. The largest absolute Gasteiger partial charge is 0.379 e. The lowest BCUT2D eigenvalue weighted by molar-refractivity contribution is -0.116. The molecule has 11 heavy (non-hydrogen) atoms. The molecule has 1 aliphatic rings. The van der Waals surface area contributed by atoms with E-state index in [1.807, 2.05) is 5.01 Å². The standard InChI is InChI=1S/C7H16N2O2/c1-2-5-11-8-9-3-6-10-7-4-9/h8H,2-7H2,1H3. The predicted octanol–water partition coefficient (Wildman–Crippen LogP) is 0.165. The summed E-state index contributed by atoms with van der Waals surface area (Å²) in [5, 5.41) is 2.03. The number of nitrogens with one attached hydrogen (secondary N) is 1. The molecule has 1 N–H and O–H groups in total. The maximum atomic E-state index is 5.17. The first-order valence-corrected chi connectivity index (χ1v) is 4.13. The molecule has 0 aromatic rings. The van der Waals surface area contributed by atoms with E-state index in [1.54, 1.807) is 0 Å². The number of hydrogen-bond acceptors (Lipinski definition) is 4. The van der Waals surface area contributed by atoms with E-state index in [0.717, 1.165) is 39.3 Å². The second-order valence-electron chi connectivity index (χ2n) is 2.54. The summed E-state index contributed by atoms with van der Waals surface area (Å²) in [6.07, 6.45) is 1.04. The van der Waals surface area contributed by atoms with Gasteiger partial charge in [-0.15, -0.1) is 5.59 Å². The van der Waals surface area contributed by atoms with Crippen LogP contribution >= 0.6 is 0 Å². The van der Waals surface area contributed by atoms with E-state index in [2.05, 4.69) is 12.5 Å². The zero-order valence-corrected chi connectivity index (χ0v) is 7.01. The normalized spacial score (nSPS) is 20.5. The lowest BCUT2D eigenvalue weighted by Gasteiger charge is -2.26. The third kappa shape index (κ3) is 3.67. The number of rotatable bonds is 4.